The number of aryl methyl sites for hydroxylation is 1. The highest BCUT2D eigenvalue weighted by atomic mass is 32.2. The molecule has 96 valence electrons. The molecule has 0 amide bonds. The van der Waals surface area contributed by atoms with Crippen molar-refractivity contribution in [1.29, 1.82) is 0 Å². The number of rotatable bonds is 5. The lowest BCUT2D eigenvalue weighted by molar-refractivity contribution is 0.530. The van der Waals surface area contributed by atoms with Crippen LogP contribution in [0.5, 0.6) is 0 Å². The minimum atomic E-state index is 0.684. The third-order valence-corrected chi connectivity index (χ3v) is 3.63. The molecule has 2 aromatic heterocycles. The molecule has 0 saturated heterocycles. The molecule has 0 aliphatic rings. The zero-order chi connectivity index (χ0) is 13.0. The third kappa shape index (κ3) is 2.83. The standard InChI is InChI=1S/C12H16N4OS/c1-3-10-14-11(16-13)8(2)12(15-10)18-7-9-5-4-6-17-9/h4-6H,3,7,13H2,1-2H3,(H,14,15,16). The first-order valence-electron chi connectivity index (χ1n) is 5.74. The normalized spacial score (nSPS) is 10.6. The number of thioether (sulfide) groups is 1. The summed E-state index contributed by atoms with van der Waals surface area (Å²) in [5.74, 6) is 8.61. The quantitative estimate of drug-likeness (QED) is 0.374. The molecule has 0 fully saturated rings. The van der Waals surface area contributed by atoms with Gasteiger partial charge in [-0.15, -0.1) is 0 Å². The molecule has 5 nitrogen and oxygen atoms in total. The van der Waals surface area contributed by atoms with Gasteiger partial charge in [-0.25, -0.2) is 15.8 Å². The first kappa shape index (κ1) is 12.9. The average Bonchev–Trinajstić information content (AvgIpc) is 2.90. The third-order valence-electron chi connectivity index (χ3n) is 2.53. The van der Waals surface area contributed by atoms with Crippen LogP contribution >= 0.6 is 11.8 Å². The second-order valence-electron chi connectivity index (χ2n) is 3.78. The van der Waals surface area contributed by atoms with Gasteiger partial charge in [0.05, 0.1) is 12.0 Å². The van der Waals surface area contributed by atoms with E-state index in [1.54, 1.807) is 18.0 Å². The molecule has 0 aliphatic heterocycles. The summed E-state index contributed by atoms with van der Waals surface area (Å²) in [6.45, 7) is 3.98. The Morgan fingerprint density at radius 3 is 2.89 bits per heavy atom. The van der Waals surface area contributed by atoms with Gasteiger partial charge in [-0.3, -0.25) is 0 Å². The van der Waals surface area contributed by atoms with E-state index in [-0.39, 0.29) is 0 Å². The Bertz CT molecular complexity index is 513. The van der Waals surface area contributed by atoms with E-state index in [0.29, 0.717) is 5.82 Å². The highest BCUT2D eigenvalue weighted by Crippen LogP contribution is 2.27. The van der Waals surface area contributed by atoms with Crippen LogP contribution in [0.25, 0.3) is 0 Å². The molecule has 0 saturated carbocycles. The Balaban J connectivity index is 2.20. The molecule has 0 spiro atoms. The number of nitrogens with two attached hydrogens (primary N) is 1. The Hall–Kier alpha value is -1.53. The van der Waals surface area contributed by atoms with E-state index < -0.39 is 0 Å². The van der Waals surface area contributed by atoms with E-state index in [1.165, 1.54) is 0 Å². The Morgan fingerprint density at radius 2 is 2.28 bits per heavy atom. The summed E-state index contributed by atoms with van der Waals surface area (Å²) < 4.78 is 5.30. The molecule has 0 radical (unpaired) electrons. The molecule has 0 atom stereocenters. The molecule has 2 aromatic rings. The minimum Gasteiger partial charge on any atom is -0.468 e. The summed E-state index contributed by atoms with van der Waals surface area (Å²) in [5.41, 5.74) is 3.58. The molecule has 0 unspecified atom stereocenters. The van der Waals surface area contributed by atoms with E-state index in [4.69, 9.17) is 10.3 Å². The van der Waals surface area contributed by atoms with Gasteiger partial charge in [-0.05, 0) is 19.1 Å². The molecule has 3 N–H and O–H groups in total. The lowest BCUT2D eigenvalue weighted by atomic mass is 10.3. The van der Waals surface area contributed by atoms with Gasteiger partial charge in [-0.2, -0.15) is 0 Å². The topological polar surface area (TPSA) is 77.0 Å². The molecule has 18 heavy (non-hydrogen) atoms. The number of furan rings is 1. The molecular formula is C12H16N4OS. The van der Waals surface area contributed by atoms with Gasteiger partial charge in [0.25, 0.3) is 0 Å². The predicted molar refractivity (Wildman–Crippen MR) is 72.2 cm³/mol. The molecule has 6 heteroatoms. The van der Waals surface area contributed by atoms with Crippen LogP contribution in [0.3, 0.4) is 0 Å². The van der Waals surface area contributed by atoms with Crippen molar-refractivity contribution < 1.29 is 4.42 Å². The van der Waals surface area contributed by atoms with Crippen LogP contribution in [0.1, 0.15) is 24.1 Å². The van der Waals surface area contributed by atoms with Crippen molar-refractivity contribution in [3.8, 4) is 0 Å². The highest BCUT2D eigenvalue weighted by molar-refractivity contribution is 7.98. The molecule has 2 rings (SSSR count). The van der Waals surface area contributed by atoms with Crippen LogP contribution in [0.4, 0.5) is 5.82 Å². The largest absolute Gasteiger partial charge is 0.468 e. The number of hydrazine groups is 1. The Kier molecular flexibility index (Phi) is 4.22. The summed E-state index contributed by atoms with van der Waals surface area (Å²) in [4.78, 5) is 8.84. The van der Waals surface area contributed by atoms with Crippen LogP contribution in [-0.4, -0.2) is 9.97 Å². The molecule has 0 aliphatic carbocycles. The van der Waals surface area contributed by atoms with E-state index in [0.717, 1.165) is 34.3 Å². The lowest BCUT2D eigenvalue weighted by Gasteiger charge is -2.10. The monoisotopic (exact) mass is 264 g/mol. The predicted octanol–water partition coefficient (Wildman–Crippen LogP) is 2.52. The number of anilines is 1. The van der Waals surface area contributed by atoms with Gasteiger partial charge >= 0.3 is 0 Å². The first-order chi connectivity index (χ1) is 8.74. The maximum absolute atomic E-state index is 5.47. The van der Waals surface area contributed by atoms with Gasteiger partial charge < -0.3 is 9.84 Å². The van der Waals surface area contributed by atoms with E-state index in [1.807, 2.05) is 26.0 Å². The van der Waals surface area contributed by atoms with Gasteiger partial charge in [-0.1, -0.05) is 18.7 Å². The van der Waals surface area contributed by atoms with Crippen LogP contribution in [0.2, 0.25) is 0 Å². The Morgan fingerprint density at radius 1 is 1.44 bits per heavy atom. The summed E-state index contributed by atoms with van der Waals surface area (Å²) in [6.07, 6.45) is 2.45. The second-order valence-corrected chi connectivity index (χ2v) is 4.75. The summed E-state index contributed by atoms with van der Waals surface area (Å²) >= 11 is 1.62. The van der Waals surface area contributed by atoms with Crippen molar-refractivity contribution in [2.45, 2.75) is 31.0 Å². The minimum absolute atomic E-state index is 0.684. The van der Waals surface area contributed by atoms with Crippen LogP contribution < -0.4 is 11.3 Å². The van der Waals surface area contributed by atoms with Crippen LogP contribution in [-0.2, 0) is 12.2 Å². The smallest absolute Gasteiger partial charge is 0.147 e. The fourth-order valence-corrected chi connectivity index (χ4v) is 2.44. The summed E-state index contributed by atoms with van der Waals surface area (Å²) in [5, 5.41) is 0.936. The molecule has 2 heterocycles. The number of hydrogen-bond acceptors (Lipinski definition) is 6. The number of nitrogen functional groups attached to an aromatic ring is 1. The molecule has 0 aromatic carbocycles. The second kappa shape index (κ2) is 5.88. The fourth-order valence-electron chi connectivity index (χ4n) is 1.51. The summed E-state index contributed by atoms with van der Waals surface area (Å²) in [7, 11) is 0. The fraction of sp³-hybridized carbons (Fsp3) is 0.333. The highest BCUT2D eigenvalue weighted by Gasteiger charge is 2.10. The zero-order valence-corrected chi connectivity index (χ0v) is 11.3. The van der Waals surface area contributed by atoms with E-state index in [2.05, 4.69) is 15.4 Å². The maximum Gasteiger partial charge on any atom is 0.147 e. The summed E-state index contributed by atoms with van der Waals surface area (Å²) in [6, 6.07) is 3.83. The van der Waals surface area contributed by atoms with Crippen molar-refractivity contribution in [1.82, 2.24) is 9.97 Å². The first-order valence-corrected chi connectivity index (χ1v) is 6.72. The van der Waals surface area contributed by atoms with Gasteiger partial charge in [0.1, 0.15) is 22.4 Å². The van der Waals surface area contributed by atoms with Crippen molar-refractivity contribution in [3.05, 3.63) is 35.5 Å². The number of nitrogens with zero attached hydrogens (tertiary/aromatic N) is 2. The van der Waals surface area contributed by atoms with Crippen LogP contribution in [0.15, 0.2) is 27.8 Å². The van der Waals surface area contributed by atoms with Gasteiger partial charge in [0.2, 0.25) is 0 Å². The van der Waals surface area contributed by atoms with Crippen molar-refractivity contribution in [2.75, 3.05) is 5.43 Å². The van der Waals surface area contributed by atoms with Gasteiger partial charge in [0, 0.05) is 12.0 Å². The number of nitrogens with one attached hydrogen (secondary N) is 1. The van der Waals surface area contributed by atoms with E-state index in [9.17, 15) is 0 Å². The lowest BCUT2D eigenvalue weighted by Crippen LogP contribution is -2.13. The van der Waals surface area contributed by atoms with Crippen molar-refractivity contribution in [3.63, 3.8) is 0 Å². The molecule has 0 bridgehead atoms. The zero-order valence-electron chi connectivity index (χ0n) is 10.4. The SMILES string of the molecule is CCc1nc(NN)c(C)c(SCc2ccco2)n1. The maximum atomic E-state index is 5.47. The van der Waals surface area contributed by atoms with Crippen molar-refractivity contribution >= 4 is 17.6 Å². The number of aromatic nitrogens is 2. The number of hydrogen-bond donors (Lipinski definition) is 2. The van der Waals surface area contributed by atoms with Crippen LogP contribution in [0, 0.1) is 6.92 Å². The van der Waals surface area contributed by atoms with Crippen molar-refractivity contribution in [2.24, 2.45) is 5.84 Å². The van der Waals surface area contributed by atoms with Gasteiger partial charge in [0.15, 0.2) is 0 Å². The van der Waals surface area contributed by atoms with E-state index >= 15 is 0 Å². The Labute approximate surface area is 110 Å². The molecular weight excluding hydrogens is 248 g/mol. The average molecular weight is 264 g/mol.